The molecule has 0 radical (unpaired) electrons. The van der Waals surface area contributed by atoms with E-state index in [9.17, 15) is 14.4 Å². The molecule has 3 amide bonds. The van der Waals surface area contributed by atoms with Crippen molar-refractivity contribution in [2.45, 2.75) is 39.2 Å². The molecule has 0 bridgehead atoms. The number of aromatic nitrogens is 2. The second-order valence-corrected chi connectivity index (χ2v) is 12.0. The van der Waals surface area contributed by atoms with Gasteiger partial charge in [-0.2, -0.15) is 4.98 Å². The van der Waals surface area contributed by atoms with Gasteiger partial charge in [-0.25, -0.2) is 9.59 Å². The van der Waals surface area contributed by atoms with Gasteiger partial charge < -0.3 is 26.2 Å². The third kappa shape index (κ3) is 5.70. The first-order valence-corrected chi connectivity index (χ1v) is 13.8. The number of likely N-dealkylation sites (tertiary alicyclic amines) is 1. The molecule has 39 heavy (non-hydrogen) atoms. The van der Waals surface area contributed by atoms with E-state index >= 15 is 0 Å². The molecule has 5 rings (SSSR count). The molecule has 11 nitrogen and oxygen atoms in total. The van der Waals surface area contributed by atoms with Gasteiger partial charge in [-0.3, -0.25) is 14.7 Å². The van der Waals surface area contributed by atoms with Crippen LogP contribution in [0, 0.1) is 18.3 Å². The molecule has 1 aliphatic carbocycles. The van der Waals surface area contributed by atoms with Gasteiger partial charge in [0, 0.05) is 52.0 Å². The lowest BCUT2D eigenvalue weighted by molar-refractivity contribution is -0.137. The van der Waals surface area contributed by atoms with Crippen LogP contribution < -0.4 is 22.5 Å². The lowest BCUT2D eigenvalue weighted by atomic mass is 10.0. The summed E-state index contributed by atoms with van der Waals surface area (Å²) in [5.74, 6) is 0.831. The minimum Gasteiger partial charge on any atom is -0.338 e. The van der Waals surface area contributed by atoms with Gasteiger partial charge in [0.15, 0.2) is 0 Å². The van der Waals surface area contributed by atoms with Gasteiger partial charge in [0.1, 0.15) is 5.82 Å². The number of carbonyl (C=O) groups excluding carboxylic acids is 2. The molecule has 1 aromatic carbocycles. The Bertz CT molecular complexity index is 1310. The van der Waals surface area contributed by atoms with E-state index in [0.29, 0.717) is 31.6 Å². The summed E-state index contributed by atoms with van der Waals surface area (Å²) in [4.78, 5) is 47.8. The standard InChI is InChI=1S/C28H40N8O3/c1-19-14-22(5-4-20(19)6-8-33-16-21-15-28(21,17-29)18-33)36-9-7-23(32-26(36)39)31-25(38)35-12-10-34(11-13-35)24(37)27(2,3)30/h4-5,7,9,14,21H,6,8,10-13,15-18,29-30H2,1-3H3,(H,31,32,38,39). The van der Waals surface area contributed by atoms with Crippen LogP contribution in [0.3, 0.4) is 0 Å². The second-order valence-electron chi connectivity index (χ2n) is 12.0. The zero-order valence-electron chi connectivity index (χ0n) is 23.2. The monoisotopic (exact) mass is 536 g/mol. The van der Waals surface area contributed by atoms with Crippen LogP contribution in [0.25, 0.3) is 5.69 Å². The fourth-order valence-corrected chi connectivity index (χ4v) is 5.96. The van der Waals surface area contributed by atoms with Crippen molar-refractivity contribution < 1.29 is 9.59 Å². The summed E-state index contributed by atoms with van der Waals surface area (Å²) in [6.07, 6.45) is 3.87. The van der Waals surface area contributed by atoms with Crippen molar-refractivity contribution in [2.24, 2.45) is 22.8 Å². The highest BCUT2D eigenvalue weighted by atomic mass is 16.2. The van der Waals surface area contributed by atoms with Crippen molar-refractivity contribution >= 4 is 17.8 Å². The summed E-state index contributed by atoms with van der Waals surface area (Å²) >= 11 is 0. The van der Waals surface area contributed by atoms with Gasteiger partial charge in [0.25, 0.3) is 0 Å². The zero-order chi connectivity index (χ0) is 27.9. The molecule has 3 aliphatic rings. The first kappa shape index (κ1) is 27.3. The molecule has 2 aromatic rings. The van der Waals surface area contributed by atoms with E-state index in [1.165, 1.54) is 16.6 Å². The zero-order valence-corrected chi connectivity index (χ0v) is 23.2. The van der Waals surface area contributed by atoms with Crippen molar-refractivity contribution in [3.8, 4) is 5.69 Å². The van der Waals surface area contributed by atoms with Gasteiger partial charge in [0.05, 0.1) is 11.2 Å². The number of rotatable bonds is 7. The number of amides is 3. The normalized spacial score (nSPS) is 23.1. The summed E-state index contributed by atoms with van der Waals surface area (Å²) < 4.78 is 1.48. The molecule has 1 saturated carbocycles. The predicted octanol–water partition coefficient (Wildman–Crippen LogP) is 0.777. The van der Waals surface area contributed by atoms with Gasteiger partial charge in [-0.15, -0.1) is 0 Å². The number of carbonyl (C=O) groups is 2. The number of piperazine rings is 1. The predicted molar refractivity (Wildman–Crippen MR) is 150 cm³/mol. The number of nitrogens with zero attached hydrogens (tertiary/aromatic N) is 5. The van der Waals surface area contributed by atoms with E-state index in [4.69, 9.17) is 11.5 Å². The van der Waals surface area contributed by atoms with Crippen LogP contribution in [0.5, 0.6) is 0 Å². The fourth-order valence-electron chi connectivity index (χ4n) is 5.96. The van der Waals surface area contributed by atoms with Crippen LogP contribution in [0.4, 0.5) is 10.6 Å². The number of hydrogen-bond acceptors (Lipinski definition) is 7. The van der Waals surface area contributed by atoms with E-state index in [2.05, 4.69) is 28.2 Å². The topological polar surface area (TPSA) is 143 Å². The molecular weight excluding hydrogens is 496 g/mol. The highest BCUT2D eigenvalue weighted by Gasteiger charge is 2.58. The first-order chi connectivity index (χ1) is 18.5. The molecule has 5 N–H and O–H groups in total. The van der Waals surface area contributed by atoms with E-state index in [0.717, 1.165) is 49.8 Å². The minimum atomic E-state index is -0.945. The first-order valence-electron chi connectivity index (χ1n) is 13.8. The van der Waals surface area contributed by atoms with Crippen molar-refractivity contribution in [3.05, 3.63) is 52.1 Å². The summed E-state index contributed by atoms with van der Waals surface area (Å²) in [7, 11) is 0. The Labute approximate surface area is 229 Å². The molecule has 210 valence electrons. The van der Waals surface area contributed by atoms with Crippen LogP contribution >= 0.6 is 0 Å². The van der Waals surface area contributed by atoms with Crippen molar-refractivity contribution in [1.82, 2.24) is 24.3 Å². The van der Waals surface area contributed by atoms with Crippen LogP contribution in [-0.2, 0) is 11.2 Å². The maximum Gasteiger partial charge on any atom is 0.354 e. The average molecular weight is 537 g/mol. The van der Waals surface area contributed by atoms with E-state index in [1.54, 1.807) is 35.9 Å². The number of urea groups is 1. The molecule has 0 spiro atoms. The molecule has 3 heterocycles. The lowest BCUT2D eigenvalue weighted by Crippen LogP contribution is -2.58. The number of hydrogen-bond donors (Lipinski definition) is 3. The number of benzene rings is 1. The largest absolute Gasteiger partial charge is 0.354 e. The number of piperidine rings is 1. The van der Waals surface area contributed by atoms with Gasteiger partial charge in [-0.05, 0) is 80.8 Å². The van der Waals surface area contributed by atoms with Crippen LogP contribution in [0.15, 0.2) is 35.3 Å². The van der Waals surface area contributed by atoms with E-state index in [-0.39, 0.29) is 17.8 Å². The maximum atomic E-state index is 12.8. The number of anilines is 1. The molecule has 3 fully saturated rings. The minimum absolute atomic E-state index is 0.139. The quantitative estimate of drug-likeness (QED) is 0.475. The Morgan fingerprint density at radius 1 is 1.15 bits per heavy atom. The van der Waals surface area contributed by atoms with E-state index in [1.807, 2.05) is 12.1 Å². The third-order valence-electron chi connectivity index (χ3n) is 8.53. The number of nitrogens with two attached hydrogens (primary N) is 2. The van der Waals surface area contributed by atoms with Crippen molar-refractivity contribution in [2.75, 3.05) is 57.7 Å². The van der Waals surface area contributed by atoms with Crippen LogP contribution in [0.2, 0.25) is 0 Å². The van der Waals surface area contributed by atoms with Crippen molar-refractivity contribution in [3.63, 3.8) is 0 Å². The number of aryl methyl sites for hydroxylation is 1. The Morgan fingerprint density at radius 2 is 1.87 bits per heavy atom. The number of fused-ring (bicyclic) bond motifs is 1. The molecule has 2 atom stereocenters. The Morgan fingerprint density at radius 3 is 2.49 bits per heavy atom. The highest BCUT2D eigenvalue weighted by Crippen LogP contribution is 2.56. The van der Waals surface area contributed by atoms with Crippen molar-refractivity contribution in [1.29, 1.82) is 0 Å². The van der Waals surface area contributed by atoms with Gasteiger partial charge in [0.2, 0.25) is 5.91 Å². The SMILES string of the molecule is Cc1cc(-n2ccc(NC(=O)N3CCN(C(=O)C(C)(C)N)CC3)nc2=O)ccc1CCN1CC2CC2(CN)C1. The highest BCUT2D eigenvalue weighted by molar-refractivity contribution is 5.89. The third-order valence-corrected chi connectivity index (χ3v) is 8.53. The summed E-state index contributed by atoms with van der Waals surface area (Å²) in [6, 6.07) is 7.29. The van der Waals surface area contributed by atoms with Crippen LogP contribution in [0.1, 0.15) is 31.4 Å². The molecule has 2 aliphatic heterocycles. The average Bonchev–Trinajstić information content (AvgIpc) is 3.47. The second kappa shape index (κ2) is 10.4. The molecule has 1 aromatic heterocycles. The fraction of sp³-hybridized carbons (Fsp3) is 0.571. The maximum absolute atomic E-state index is 12.8. The van der Waals surface area contributed by atoms with Gasteiger partial charge in [-0.1, -0.05) is 6.07 Å². The van der Waals surface area contributed by atoms with Gasteiger partial charge >= 0.3 is 11.7 Å². The summed E-state index contributed by atoms with van der Waals surface area (Å²) in [6.45, 7) is 11.1. The Hall–Kier alpha value is -3.28. The summed E-state index contributed by atoms with van der Waals surface area (Å²) in [5.41, 5.74) is 14.0. The smallest absolute Gasteiger partial charge is 0.338 e. The van der Waals surface area contributed by atoms with E-state index < -0.39 is 11.2 Å². The molecule has 11 heteroatoms. The Balaban J connectivity index is 1.16. The molecule has 2 unspecified atom stereocenters. The van der Waals surface area contributed by atoms with Crippen LogP contribution in [-0.4, -0.2) is 94.1 Å². The Kier molecular flexibility index (Phi) is 7.25. The lowest BCUT2D eigenvalue weighted by Gasteiger charge is -2.37. The molecule has 2 saturated heterocycles. The summed E-state index contributed by atoms with van der Waals surface area (Å²) in [5, 5.41) is 2.70. The molecular formula is C28H40N8O3. The number of nitrogens with one attached hydrogen (secondary N) is 1.